The lowest BCUT2D eigenvalue weighted by molar-refractivity contribution is -0.117. The smallest absolute Gasteiger partial charge is 0.224 e. The number of anilines is 1. The van der Waals surface area contributed by atoms with Crippen LogP contribution in [0.1, 0.15) is 26.2 Å². The molecule has 0 spiro atoms. The fourth-order valence-electron chi connectivity index (χ4n) is 2.40. The number of halogens is 1. The van der Waals surface area contributed by atoms with Gasteiger partial charge in [0.25, 0.3) is 0 Å². The third kappa shape index (κ3) is 4.31. The molecule has 0 aromatic carbocycles. The Labute approximate surface area is 114 Å². The number of nitrogens with zero attached hydrogens (tertiary/aromatic N) is 1. The maximum atomic E-state index is 11.8. The van der Waals surface area contributed by atoms with Crippen molar-refractivity contribution in [3.8, 4) is 0 Å². The van der Waals surface area contributed by atoms with Gasteiger partial charge in [-0.05, 0) is 37.8 Å². The van der Waals surface area contributed by atoms with Crippen molar-refractivity contribution in [3.63, 3.8) is 0 Å². The fourth-order valence-corrected chi connectivity index (χ4v) is 2.40. The van der Waals surface area contributed by atoms with Crippen LogP contribution in [0.5, 0.6) is 0 Å². The second-order valence-corrected chi connectivity index (χ2v) is 4.80. The highest BCUT2D eigenvalue weighted by molar-refractivity contribution is 5.90. The monoisotopic (exact) mass is 272 g/mol. The molecule has 1 aliphatic heterocycles. The summed E-state index contributed by atoms with van der Waals surface area (Å²) in [5.74, 6) is 1.20. The molecule has 1 saturated heterocycles. The molecule has 1 atom stereocenters. The lowest BCUT2D eigenvalue weighted by Crippen LogP contribution is -2.32. The number of amides is 1. The zero-order valence-corrected chi connectivity index (χ0v) is 11.4. The third-order valence-electron chi connectivity index (χ3n) is 3.48. The van der Waals surface area contributed by atoms with Crippen LogP contribution in [-0.2, 0) is 4.79 Å². The number of H-pyrrole nitrogens is 1. The average molecular weight is 273 g/mol. The van der Waals surface area contributed by atoms with E-state index >= 15 is 0 Å². The number of hydrogen-bond donors (Lipinski definition) is 3. The van der Waals surface area contributed by atoms with E-state index in [-0.39, 0.29) is 18.3 Å². The van der Waals surface area contributed by atoms with Gasteiger partial charge in [-0.1, -0.05) is 6.92 Å². The SMILES string of the molecule is CC(CC(=O)Nc1cn[nH]c1)C1CCNCC1.Cl. The minimum Gasteiger partial charge on any atom is -0.323 e. The topological polar surface area (TPSA) is 69.8 Å². The molecule has 1 fully saturated rings. The van der Waals surface area contributed by atoms with E-state index in [1.54, 1.807) is 12.4 Å². The van der Waals surface area contributed by atoms with Crippen LogP contribution < -0.4 is 10.6 Å². The number of nitrogens with one attached hydrogen (secondary N) is 3. The molecule has 2 rings (SSSR count). The van der Waals surface area contributed by atoms with Crippen LogP contribution in [0.25, 0.3) is 0 Å². The van der Waals surface area contributed by atoms with Crippen molar-refractivity contribution >= 4 is 24.0 Å². The van der Waals surface area contributed by atoms with Crippen molar-refractivity contribution in [2.75, 3.05) is 18.4 Å². The summed E-state index contributed by atoms with van der Waals surface area (Å²) >= 11 is 0. The normalized spacial score (nSPS) is 17.8. The Morgan fingerprint density at radius 3 is 2.89 bits per heavy atom. The maximum absolute atomic E-state index is 11.8. The molecule has 102 valence electrons. The molecule has 1 unspecified atom stereocenters. The van der Waals surface area contributed by atoms with Crippen molar-refractivity contribution in [1.29, 1.82) is 0 Å². The fraction of sp³-hybridized carbons (Fsp3) is 0.667. The van der Waals surface area contributed by atoms with E-state index in [4.69, 9.17) is 0 Å². The highest BCUT2D eigenvalue weighted by Gasteiger charge is 2.21. The van der Waals surface area contributed by atoms with Crippen molar-refractivity contribution in [2.24, 2.45) is 11.8 Å². The summed E-state index contributed by atoms with van der Waals surface area (Å²) in [7, 11) is 0. The molecular weight excluding hydrogens is 252 g/mol. The van der Waals surface area contributed by atoms with Gasteiger partial charge in [0, 0.05) is 12.6 Å². The average Bonchev–Trinajstić information content (AvgIpc) is 2.82. The summed E-state index contributed by atoms with van der Waals surface area (Å²) in [5.41, 5.74) is 0.743. The maximum Gasteiger partial charge on any atom is 0.224 e. The standard InChI is InChI=1S/C12H20N4O.ClH/c1-9(10-2-4-13-5-3-10)6-12(17)16-11-7-14-15-8-11;/h7-10,13H,2-6H2,1H3,(H,14,15)(H,16,17);1H. The highest BCUT2D eigenvalue weighted by Crippen LogP contribution is 2.24. The van der Waals surface area contributed by atoms with Gasteiger partial charge in [0.15, 0.2) is 0 Å². The zero-order chi connectivity index (χ0) is 12.1. The Balaban J connectivity index is 0.00000162. The minimum absolute atomic E-state index is 0. The summed E-state index contributed by atoms with van der Waals surface area (Å²) in [4.78, 5) is 11.8. The van der Waals surface area contributed by atoms with Gasteiger partial charge < -0.3 is 10.6 Å². The van der Waals surface area contributed by atoms with Gasteiger partial charge in [0.2, 0.25) is 5.91 Å². The molecule has 0 radical (unpaired) electrons. The van der Waals surface area contributed by atoms with Crippen molar-refractivity contribution in [1.82, 2.24) is 15.5 Å². The molecule has 0 aliphatic carbocycles. The zero-order valence-electron chi connectivity index (χ0n) is 10.6. The van der Waals surface area contributed by atoms with Crippen LogP contribution in [0.3, 0.4) is 0 Å². The van der Waals surface area contributed by atoms with Gasteiger partial charge in [0.05, 0.1) is 11.9 Å². The molecule has 0 saturated carbocycles. The first-order valence-electron chi connectivity index (χ1n) is 6.25. The Bertz CT molecular complexity index is 349. The van der Waals surface area contributed by atoms with Crippen molar-refractivity contribution in [2.45, 2.75) is 26.2 Å². The number of aromatic nitrogens is 2. The molecule has 2 heterocycles. The van der Waals surface area contributed by atoms with Crippen molar-refractivity contribution in [3.05, 3.63) is 12.4 Å². The van der Waals surface area contributed by atoms with Crippen LogP contribution in [-0.4, -0.2) is 29.2 Å². The van der Waals surface area contributed by atoms with Crippen LogP contribution in [0.4, 0.5) is 5.69 Å². The van der Waals surface area contributed by atoms with Gasteiger partial charge in [-0.15, -0.1) is 12.4 Å². The third-order valence-corrected chi connectivity index (χ3v) is 3.48. The Morgan fingerprint density at radius 1 is 1.56 bits per heavy atom. The largest absolute Gasteiger partial charge is 0.323 e. The Kier molecular flexibility index (Phi) is 6.15. The minimum atomic E-state index is 0. The summed E-state index contributed by atoms with van der Waals surface area (Å²) in [6, 6.07) is 0. The quantitative estimate of drug-likeness (QED) is 0.783. The molecule has 18 heavy (non-hydrogen) atoms. The molecule has 3 N–H and O–H groups in total. The number of carbonyl (C=O) groups excluding carboxylic acids is 1. The predicted octanol–water partition coefficient (Wildman–Crippen LogP) is 1.80. The van der Waals surface area contributed by atoms with Gasteiger partial charge in [-0.2, -0.15) is 5.10 Å². The highest BCUT2D eigenvalue weighted by atomic mass is 35.5. The van der Waals surface area contributed by atoms with Crippen LogP contribution in [0.15, 0.2) is 12.4 Å². The van der Waals surface area contributed by atoms with E-state index in [2.05, 4.69) is 27.8 Å². The Hall–Kier alpha value is -1.07. The van der Waals surface area contributed by atoms with Crippen LogP contribution in [0, 0.1) is 11.8 Å². The first kappa shape index (κ1) is 15.0. The molecule has 0 bridgehead atoms. The predicted molar refractivity (Wildman–Crippen MR) is 73.8 cm³/mol. The molecule has 1 amide bonds. The number of aromatic amines is 1. The van der Waals surface area contributed by atoms with E-state index in [0.29, 0.717) is 18.3 Å². The van der Waals surface area contributed by atoms with Gasteiger partial charge in [0.1, 0.15) is 0 Å². The number of hydrogen-bond acceptors (Lipinski definition) is 3. The van der Waals surface area contributed by atoms with Crippen LogP contribution in [0.2, 0.25) is 0 Å². The molecule has 1 aromatic rings. The molecule has 1 aliphatic rings. The van der Waals surface area contributed by atoms with E-state index in [1.807, 2.05) is 0 Å². The van der Waals surface area contributed by atoms with E-state index in [0.717, 1.165) is 18.8 Å². The molecule has 5 nitrogen and oxygen atoms in total. The second-order valence-electron chi connectivity index (χ2n) is 4.80. The molecular formula is C12H21ClN4O. The van der Waals surface area contributed by atoms with E-state index in [9.17, 15) is 4.79 Å². The second kappa shape index (κ2) is 7.38. The van der Waals surface area contributed by atoms with Gasteiger partial charge >= 0.3 is 0 Å². The van der Waals surface area contributed by atoms with Crippen molar-refractivity contribution < 1.29 is 4.79 Å². The first-order chi connectivity index (χ1) is 8.25. The molecule has 1 aromatic heterocycles. The lowest BCUT2D eigenvalue weighted by Gasteiger charge is -2.27. The first-order valence-corrected chi connectivity index (χ1v) is 6.25. The van der Waals surface area contributed by atoms with E-state index < -0.39 is 0 Å². The summed E-state index contributed by atoms with van der Waals surface area (Å²) in [5, 5.41) is 12.7. The summed E-state index contributed by atoms with van der Waals surface area (Å²) in [6.45, 7) is 4.33. The summed E-state index contributed by atoms with van der Waals surface area (Å²) < 4.78 is 0. The summed E-state index contributed by atoms with van der Waals surface area (Å²) in [6.07, 6.45) is 6.26. The lowest BCUT2D eigenvalue weighted by atomic mass is 9.84. The Morgan fingerprint density at radius 2 is 2.28 bits per heavy atom. The van der Waals surface area contributed by atoms with E-state index in [1.165, 1.54) is 12.8 Å². The number of piperidine rings is 1. The number of carbonyl (C=O) groups is 1. The molecule has 6 heteroatoms. The number of rotatable bonds is 4. The van der Waals surface area contributed by atoms with Crippen LogP contribution >= 0.6 is 12.4 Å². The van der Waals surface area contributed by atoms with Gasteiger partial charge in [-0.25, -0.2) is 0 Å². The van der Waals surface area contributed by atoms with Gasteiger partial charge in [-0.3, -0.25) is 9.89 Å².